The van der Waals surface area contributed by atoms with Gasteiger partial charge < -0.3 is 15.5 Å². The lowest BCUT2D eigenvalue weighted by atomic mass is 10.2. The predicted molar refractivity (Wildman–Crippen MR) is 79.1 cm³/mol. The van der Waals surface area contributed by atoms with Gasteiger partial charge in [0.15, 0.2) is 0 Å². The van der Waals surface area contributed by atoms with E-state index in [0.29, 0.717) is 4.99 Å². The number of anilines is 1. The molecule has 18 heavy (non-hydrogen) atoms. The zero-order valence-corrected chi connectivity index (χ0v) is 11.6. The average Bonchev–Trinajstić information content (AvgIpc) is 2.89. The van der Waals surface area contributed by atoms with Crippen molar-refractivity contribution in [2.45, 2.75) is 12.8 Å². The van der Waals surface area contributed by atoms with Crippen molar-refractivity contribution in [3.8, 4) is 0 Å². The van der Waals surface area contributed by atoms with Crippen molar-refractivity contribution in [2.75, 3.05) is 38.1 Å². The molecule has 1 aliphatic heterocycles. The molecule has 2 N–H and O–H groups in total. The van der Waals surface area contributed by atoms with Crippen LogP contribution in [0, 0.1) is 0 Å². The highest BCUT2D eigenvalue weighted by molar-refractivity contribution is 7.80. The summed E-state index contributed by atoms with van der Waals surface area (Å²) in [6, 6.07) is 1.88. The van der Waals surface area contributed by atoms with Crippen LogP contribution in [0.4, 0.5) is 5.69 Å². The van der Waals surface area contributed by atoms with E-state index in [1.807, 2.05) is 12.3 Å². The van der Waals surface area contributed by atoms with Crippen molar-refractivity contribution in [3.05, 3.63) is 24.0 Å². The molecule has 98 valence electrons. The summed E-state index contributed by atoms with van der Waals surface area (Å²) in [5.41, 5.74) is 7.66. The molecule has 2 rings (SSSR count). The van der Waals surface area contributed by atoms with Gasteiger partial charge in [-0.05, 0) is 32.0 Å². The van der Waals surface area contributed by atoms with Gasteiger partial charge in [0.25, 0.3) is 0 Å². The highest BCUT2D eigenvalue weighted by Crippen LogP contribution is 2.17. The van der Waals surface area contributed by atoms with Gasteiger partial charge >= 0.3 is 0 Å². The van der Waals surface area contributed by atoms with Crippen LogP contribution in [0.2, 0.25) is 0 Å². The minimum atomic E-state index is 0.431. The fraction of sp³-hybridized carbons (Fsp3) is 0.538. The highest BCUT2D eigenvalue weighted by atomic mass is 32.1. The maximum atomic E-state index is 5.74. The molecule has 1 fully saturated rings. The monoisotopic (exact) mass is 264 g/mol. The lowest BCUT2D eigenvalue weighted by Crippen LogP contribution is -2.32. The van der Waals surface area contributed by atoms with Crippen LogP contribution in [0.25, 0.3) is 0 Å². The molecule has 0 saturated carbocycles. The van der Waals surface area contributed by atoms with Gasteiger partial charge in [-0.2, -0.15) is 0 Å². The first-order valence-corrected chi connectivity index (χ1v) is 6.76. The second-order valence-corrected chi connectivity index (χ2v) is 5.17. The molecule has 0 unspecified atom stereocenters. The normalized spacial score (nSPS) is 15.8. The molecule has 1 aliphatic rings. The van der Waals surface area contributed by atoms with E-state index in [4.69, 9.17) is 18.0 Å². The lowest BCUT2D eigenvalue weighted by molar-refractivity contribution is 0.346. The highest BCUT2D eigenvalue weighted by Gasteiger charge is 2.14. The van der Waals surface area contributed by atoms with E-state index in [2.05, 4.69) is 21.8 Å². The standard InChI is InChI=1S/C13H20N4S/c1-16(8-9-17-6-2-3-7-17)12-10-15-5-4-11(12)13(14)18/h4-5,10H,2-3,6-9H2,1H3,(H2,14,18). The van der Waals surface area contributed by atoms with Crippen LogP contribution in [-0.2, 0) is 0 Å². The number of nitrogens with zero attached hydrogens (tertiary/aromatic N) is 3. The molecule has 0 spiro atoms. The van der Waals surface area contributed by atoms with Crippen LogP contribution in [0.5, 0.6) is 0 Å². The summed E-state index contributed by atoms with van der Waals surface area (Å²) in [6.07, 6.45) is 6.22. The molecule has 0 aliphatic carbocycles. The summed E-state index contributed by atoms with van der Waals surface area (Å²) in [4.78, 5) is 9.26. The second kappa shape index (κ2) is 6.11. The van der Waals surface area contributed by atoms with Crippen LogP contribution < -0.4 is 10.6 Å². The smallest absolute Gasteiger partial charge is 0.106 e. The van der Waals surface area contributed by atoms with Gasteiger partial charge in [-0.15, -0.1) is 0 Å². The van der Waals surface area contributed by atoms with E-state index in [1.165, 1.54) is 25.9 Å². The van der Waals surface area contributed by atoms with Crippen LogP contribution >= 0.6 is 12.2 Å². The average molecular weight is 264 g/mol. The number of rotatable bonds is 5. The Bertz CT molecular complexity index is 415. The third kappa shape index (κ3) is 3.17. The van der Waals surface area contributed by atoms with Gasteiger partial charge in [-0.25, -0.2) is 0 Å². The molecule has 2 heterocycles. The van der Waals surface area contributed by atoms with E-state index in [9.17, 15) is 0 Å². The van der Waals surface area contributed by atoms with Gasteiger partial charge in [0.05, 0.1) is 11.9 Å². The first-order chi connectivity index (χ1) is 8.68. The minimum absolute atomic E-state index is 0.431. The number of likely N-dealkylation sites (tertiary alicyclic amines) is 1. The quantitative estimate of drug-likeness (QED) is 0.811. The molecular weight excluding hydrogens is 244 g/mol. The first-order valence-electron chi connectivity index (χ1n) is 6.36. The van der Waals surface area contributed by atoms with Crippen molar-refractivity contribution in [1.82, 2.24) is 9.88 Å². The van der Waals surface area contributed by atoms with Crippen LogP contribution in [0.3, 0.4) is 0 Å². The molecule has 0 atom stereocenters. The van der Waals surface area contributed by atoms with E-state index >= 15 is 0 Å². The van der Waals surface area contributed by atoms with Gasteiger partial charge in [0.2, 0.25) is 0 Å². The van der Waals surface area contributed by atoms with Crippen molar-refractivity contribution in [3.63, 3.8) is 0 Å². The minimum Gasteiger partial charge on any atom is -0.389 e. The zero-order chi connectivity index (χ0) is 13.0. The number of nitrogens with two attached hydrogens (primary N) is 1. The molecule has 1 saturated heterocycles. The first kappa shape index (κ1) is 13.2. The maximum absolute atomic E-state index is 5.74. The van der Waals surface area contributed by atoms with E-state index < -0.39 is 0 Å². The fourth-order valence-electron chi connectivity index (χ4n) is 2.32. The number of thiocarbonyl (C=S) groups is 1. The van der Waals surface area contributed by atoms with Crippen molar-refractivity contribution < 1.29 is 0 Å². The summed E-state index contributed by atoms with van der Waals surface area (Å²) in [6.45, 7) is 4.51. The SMILES string of the molecule is CN(CCN1CCCC1)c1cnccc1C(N)=S. The topological polar surface area (TPSA) is 45.4 Å². The Morgan fingerprint density at radius 2 is 2.22 bits per heavy atom. The maximum Gasteiger partial charge on any atom is 0.106 e. The molecule has 0 amide bonds. The Kier molecular flexibility index (Phi) is 4.49. The van der Waals surface area contributed by atoms with Gasteiger partial charge in [-0.1, -0.05) is 12.2 Å². The van der Waals surface area contributed by atoms with Crippen molar-refractivity contribution >= 4 is 22.9 Å². The zero-order valence-electron chi connectivity index (χ0n) is 10.8. The molecule has 0 aromatic carbocycles. The van der Waals surface area contributed by atoms with Crippen molar-refractivity contribution in [1.29, 1.82) is 0 Å². The largest absolute Gasteiger partial charge is 0.389 e. The Hall–Kier alpha value is -1.20. The number of pyridine rings is 1. The van der Waals surface area contributed by atoms with E-state index in [1.54, 1.807) is 6.20 Å². The van der Waals surface area contributed by atoms with Gasteiger partial charge in [0, 0.05) is 31.9 Å². The summed E-state index contributed by atoms with van der Waals surface area (Å²) >= 11 is 5.07. The van der Waals surface area contributed by atoms with Crippen LogP contribution in [0.15, 0.2) is 18.5 Å². The predicted octanol–water partition coefficient (Wildman–Crippen LogP) is 1.25. The Morgan fingerprint density at radius 3 is 2.89 bits per heavy atom. The Balaban J connectivity index is 1.99. The third-order valence-corrected chi connectivity index (χ3v) is 3.65. The molecule has 0 bridgehead atoms. The number of aromatic nitrogens is 1. The second-order valence-electron chi connectivity index (χ2n) is 4.73. The summed E-state index contributed by atoms with van der Waals surface area (Å²) in [7, 11) is 2.06. The van der Waals surface area contributed by atoms with Crippen LogP contribution in [-0.4, -0.2) is 48.1 Å². The van der Waals surface area contributed by atoms with Crippen molar-refractivity contribution in [2.24, 2.45) is 5.73 Å². The number of likely N-dealkylation sites (N-methyl/N-ethyl adjacent to an activating group) is 1. The fourth-order valence-corrected chi connectivity index (χ4v) is 2.49. The molecular formula is C13H20N4S. The lowest BCUT2D eigenvalue weighted by Gasteiger charge is -2.24. The summed E-state index contributed by atoms with van der Waals surface area (Å²) in [5.74, 6) is 0. The molecule has 4 nitrogen and oxygen atoms in total. The van der Waals surface area contributed by atoms with E-state index in [-0.39, 0.29) is 0 Å². The molecule has 1 aromatic heterocycles. The summed E-state index contributed by atoms with van der Waals surface area (Å²) in [5, 5.41) is 0. The van der Waals surface area contributed by atoms with E-state index in [0.717, 1.165) is 24.3 Å². The number of hydrogen-bond donors (Lipinski definition) is 1. The third-order valence-electron chi connectivity index (χ3n) is 3.43. The Labute approximate surface area is 114 Å². The molecule has 1 aromatic rings. The Morgan fingerprint density at radius 1 is 1.50 bits per heavy atom. The number of hydrogen-bond acceptors (Lipinski definition) is 4. The van der Waals surface area contributed by atoms with Gasteiger partial charge in [-0.3, -0.25) is 4.98 Å². The molecule has 0 radical (unpaired) electrons. The summed E-state index contributed by atoms with van der Waals surface area (Å²) < 4.78 is 0. The van der Waals surface area contributed by atoms with Gasteiger partial charge in [0.1, 0.15) is 4.99 Å². The van der Waals surface area contributed by atoms with Crippen LogP contribution in [0.1, 0.15) is 18.4 Å². The molecule has 5 heteroatoms.